The molecule has 2 aromatic heterocycles. The van der Waals surface area contributed by atoms with E-state index >= 15 is 0 Å². The molecule has 6 heteroatoms. The molecule has 0 fully saturated rings. The number of aromatic nitrogens is 3. The Morgan fingerprint density at radius 2 is 1.61 bits per heavy atom. The molecule has 0 atom stereocenters. The van der Waals surface area contributed by atoms with Crippen molar-refractivity contribution in [2.75, 3.05) is 5.32 Å². The molecule has 3 aromatic carbocycles. The summed E-state index contributed by atoms with van der Waals surface area (Å²) in [5, 5.41) is 10.9. The Hall–Kier alpha value is -4.45. The SMILES string of the molecule is Cc1ccccc1CNC(=O)c1ccc(-c2cccc3nc(Nc4ccccc4)nn23)cc1. The first-order valence-corrected chi connectivity index (χ1v) is 10.8. The fourth-order valence-corrected chi connectivity index (χ4v) is 3.71. The van der Waals surface area contributed by atoms with Gasteiger partial charge < -0.3 is 10.6 Å². The van der Waals surface area contributed by atoms with Crippen LogP contribution in [0.25, 0.3) is 16.9 Å². The Labute approximate surface area is 191 Å². The van der Waals surface area contributed by atoms with E-state index in [-0.39, 0.29) is 5.91 Å². The van der Waals surface area contributed by atoms with Crippen molar-refractivity contribution in [2.45, 2.75) is 13.5 Å². The number of amides is 1. The predicted molar refractivity (Wildman–Crippen MR) is 130 cm³/mol. The molecule has 0 bridgehead atoms. The van der Waals surface area contributed by atoms with Crippen molar-refractivity contribution in [3.63, 3.8) is 0 Å². The first kappa shape index (κ1) is 20.5. The molecule has 0 aliphatic rings. The largest absolute Gasteiger partial charge is 0.348 e. The highest BCUT2D eigenvalue weighted by molar-refractivity contribution is 5.94. The van der Waals surface area contributed by atoms with Crippen LogP contribution in [0.2, 0.25) is 0 Å². The van der Waals surface area contributed by atoms with E-state index in [1.54, 1.807) is 4.52 Å². The number of aryl methyl sites for hydroxylation is 1. The number of rotatable bonds is 6. The summed E-state index contributed by atoms with van der Waals surface area (Å²) in [6.45, 7) is 2.55. The number of anilines is 2. The van der Waals surface area contributed by atoms with Crippen LogP contribution in [0.15, 0.2) is 97.1 Å². The Bertz CT molecular complexity index is 1410. The lowest BCUT2D eigenvalue weighted by Gasteiger charge is -2.09. The van der Waals surface area contributed by atoms with E-state index in [4.69, 9.17) is 0 Å². The second-order valence-electron chi connectivity index (χ2n) is 7.79. The van der Waals surface area contributed by atoms with Crippen LogP contribution >= 0.6 is 0 Å². The minimum atomic E-state index is -0.0990. The molecule has 1 amide bonds. The zero-order valence-corrected chi connectivity index (χ0v) is 18.2. The van der Waals surface area contributed by atoms with E-state index in [9.17, 15) is 4.79 Å². The molecule has 2 heterocycles. The van der Waals surface area contributed by atoms with Crippen molar-refractivity contribution < 1.29 is 4.79 Å². The first-order valence-electron chi connectivity index (χ1n) is 10.8. The van der Waals surface area contributed by atoms with E-state index < -0.39 is 0 Å². The highest BCUT2D eigenvalue weighted by atomic mass is 16.1. The monoisotopic (exact) mass is 433 g/mol. The second-order valence-corrected chi connectivity index (χ2v) is 7.79. The molecule has 0 unspecified atom stereocenters. The number of nitrogens with one attached hydrogen (secondary N) is 2. The molecule has 0 aliphatic heterocycles. The summed E-state index contributed by atoms with van der Waals surface area (Å²) >= 11 is 0. The Balaban J connectivity index is 1.34. The van der Waals surface area contributed by atoms with E-state index in [0.29, 0.717) is 18.1 Å². The molecule has 5 rings (SSSR count). The third-order valence-electron chi connectivity index (χ3n) is 5.53. The van der Waals surface area contributed by atoms with Crippen LogP contribution in [0.3, 0.4) is 0 Å². The van der Waals surface area contributed by atoms with E-state index in [0.717, 1.165) is 33.7 Å². The summed E-state index contributed by atoms with van der Waals surface area (Å²) in [6.07, 6.45) is 0. The summed E-state index contributed by atoms with van der Waals surface area (Å²) in [5.41, 5.74) is 6.40. The summed E-state index contributed by atoms with van der Waals surface area (Å²) in [4.78, 5) is 17.2. The molecule has 0 saturated carbocycles. The summed E-state index contributed by atoms with van der Waals surface area (Å²) in [5.74, 6) is 0.430. The molecule has 5 aromatic rings. The minimum Gasteiger partial charge on any atom is -0.348 e. The number of carbonyl (C=O) groups excluding carboxylic acids is 1. The maximum Gasteiger partial charge on any atom is 0.251 e. The predicted octanol–water partition coefficient (Wildman–Crippen LogP) is 5.38. The normalized spacial score (nSPS) is 10.8. The van der Waals surface area contributed by atoms with Gasteiger partial charge >= 0.3 is 0 Å². The minimum absolute atomic E-state index is 0.0990. The summed E-state index contributed by atoms with van der Waals surface area (Å²) < 4.78 is 1.80. The average molecular weight is 434 g/mol. The molecule has 33 heavy (non-hydrogen) atoms. The van der Waals surface area contributed by atoms with Crippen molar-refractivity contribution in [3.8, 4) is 11.3 Å². The number of pyridine rings is 1. The highest BCUT2D eigenvalue weighted by Gasteiger charge is 2.11. The number of hydrogen-bond donors (Lipinski definition) is 2. The first-order chi connectivity index (χ1) is 16.2. The van der Waals surface area contributed by atoms with E-state index in [2.05, 4.69) is 20.7 Å². The van der Waals surface area contributed by atoms with Gasteiger partial charge in [0.25, 0.3) is 5.91 Å². The molecular weight excluding hydrogens is 410 g/mol. The molecule has 2 N–H and O–H groups in total. The fraction of sp³-hybridized carbons (Fsp3) is 0.0741. The number of para-hydroxylation sites is 1. The van der Waals surface area contributed by atoms with Gasteiger partial charge in [-0.2, -0.15) is 4.98 Å². The number of nitrogens with zero attached hydrogens (tertiary/aromatic N) is 3. The quantitative estimate of drug-likeness (QED) is 0.377. The Morgan fingerprint density at radius 1 is 0.848 bits per heavy atom. The second kappa shape index (κ2) is 8.96. The Morgan fingerprint density at radius 3 is 2.39 bits per heavy atom. The topological polar surface area (TPSA) is 71.3 Å². The lowest BCUT2D eigenvalue weighted by Crippen LogP contribution is -2.23. The van der Waals surface area contributed by atoms with Crippen LogP contribution < -0.4 is 10.6 Å². The van der Waals surface area contributed by atoms with Crippen molar-refractivity contribution >= 4 is 23.2 Å². The Kier molecular flexibility index (Phi) is 5.55. The van der Waals surface area contributed by atoms with Gasteiger partial charge in [0.1, 0.15) is 0 Å². The number of carbonyl (C=O) groups is 1. The van der Waals surface area contributed by atoms with Crippen molar-refractivity contribution in [2.24, 2.45) is 0 Å². The third kappa shape index (κ3) is 4.45. The van der Waals surface area contributed by atoms with Gasteiger partial charge in [-0.1, -0.05) is 60.7 Å². The van der Waals surface area contributed by atoms with Gasteiger partial charge in [-0.15, -0.1) is 5.10 Å². The van der Waals surface area contributed by atoms with Crippen molar-refractivity contribution in [1.82, 2.24) is 19.9 Å². The molecule has 0 radical (unpaired) electrons. The third-order valence-corrected chi connectivity index (χ3v) is 5.53. The van der Waals surface area contributed by atoms with Gasteiger partial charge in [-0.3, -0.25) is 4.79 Å². The standard InChI is InChI=1S/C27H23N5O/c1-19-8-5-6-9-22(19)18-28-26(33)21-16-14-20(15-17-21)24-12-7-13-25-30-27(31-32(24)25)29-23-10-3-2-4-11-23/h2-17H,18H2,1H3,(H,28,33)(H,29,31). The van der Waals surface area contributed by atoms with Gasteiger partial charge in [0.05, 0.1) is 5.69 Å². The maximum atomic E-state index is 12.6. The number of hydrogen-bond acceptors (Lipinski definition) is 4. The van der Waals surface area contributed by atoms with Crippen LogP contribution in [0.1, 0.15) is 21.5 Å². The number of fused-ring (bicyclic) bond motifs is 1. The average Bonchev–Trinajstić information content (AvgIpc) is 3.26. The molecule has 0 saturated heterocycles. The maximum absolute atomic E-state index is 12.6. The molecule has 0 aliphatic carbocycles. The lowest BCUT2D eigenvalue weighted by molar-refractivity contribution is 0.0951. The molecule has 6 nitrogen and oxygen atoms in total. The molecular formula is C27H23N5O. The zero-order chi connectivity index (χ0) is 22.6. The summed E-state index contributed by atoms with van der Waals surface area (Å²) in [6, 6.07) is 31.3. The lowest BCUT2D eigenvalue weighted by atomic mass is 10.1. The van der Waals surface area contributed by atoms with Gasteiger partial charge in [0.2, 0.25) is 5.95 Å². The van der Waals surface area contributed by atoms with Gasteiger partial charge in [-0.25, -0.2) is 4.52 Å². The number of benzene rings is 3. The van der Waals surface area contributed by atoms with Gasteiger partial charge in [-0.05, 0) is 54.4 Å². The highest BCUT2D eigenvalue weighted by Crippen LogP contribution is 2.22. The van der Waals surface area contributed by atoms with Crippen LogP contribution in [-0.4, -0.2) is 20.5 Å². The fourth-order valence-electron chi connectivity index (χ4n) is 3.71. The zero-order valence-electron chi connectivity index (χ0n) is 18.2. The van der Waals surface area contributed by atoms with Crippen molar-refractivity contribution in [1.29, 1.82) is 0 Å². The molecule has 162 valence electrons. The molecule has 0 spiro atoms. The van der Waals surface area contributed by atoms with E-state index in [1.807, 2.05) is 104 Å². The van der Waals surface area contributed by atoms with Gasteiger partial charge in [0.15, 0.2) is 5.65 Å². The van der Waals surface area contributed by atoms with Crippen LogP contribution in [0.4, 0.5) is 11.6 Å². The van der Waals surface area contributed by atoms with E-state index in [1.165, 1.54) is 0 Å². The van der Waals surface area contributed by atoms with Crippen molar-refractivity contribution in [3.05, 3.63) is 114 Å². The van der Waals surface area contributed by atoms with Crippen LogP contribution in [0, 0.1) is 6.92 Å². The van der Waals surface area contributed by atoms with Crippen LogP contribution in [-0.2, 0) is 6.54 Å². The summed E-state index contributed by atoms with van der Waals surface area (Å²) in [7, 11) is 0. The van der Waals surface area contributed by atoms with Crippen LogP contribution in [0.5, 0.6) is 0 Å². The smallest absolute Gasteiger partial charge is 0.251 e. The van der Waals surface area contributed by atoms with Gasteiger partial charge in [0, 0.05) is 23.4 Å².